The Hall–Kier alpha value is -1.51. The summed E-state index contributed by atoms with van der Waals surface area (Å²) in [7, 11) is -3.19. The fourth-order valence-corrected chi connectivity index (χ4v) is 9.63. The number of aromatic nitrogens is 3. The third kappa shape index (κ3) is 28.9. The third-order valence-electron chi connectivity index (χ3n) is 11.7. The first kappa shape index (κ1) is 52.6. The number of aromatic amines is 2. The maximum atomic E-state index is 13.8. The van der Waals surface area contributed by atoms with Gasteiger partial charge in [-0.15, -0.1) is 0 Å². The summed E-state index contributed by atoms with van der Waals surface area (Å²) in [5, 5.41) is 2.16. The van der Waals surface area contributed by atoms with Crippen molar-refractivity contribution in [2.24, 2.45) is 0 Å². The van der Waals surface area contributed by atoms with Gasteiger partial charge in [0.15, 0.2) is 0 Å². The van der Waals surface area contributed by atoms with Crippen LogP contribution < -0.4 is 10.9 Å². The van der Waals surface area contributed by atoms with Gasteiger partial charge in [-0.3, -0.25) is 9.36 Å². The topological polar surface area (TPSA) is 123 Å². The highest BCUT2D eigenvalue weighted by atomic mass is 31.2. The van der Waals surface area contributed by atoms with Crippen molar-refractivity contribution in [3.8, 4) is 0 Å². The summed E-state index contributed by atoms with van der Waals surface area (Å²) >= 11 is 0. The van der Waals surface area contributed by atoms with E-state index in [2.05, 4.69) is 34.1 Å². The molecule has 0 aromatic carbocycles. The fourth-order valence-electron chi connectivity index (χ4n) is 7.91. The molecule has 9 nitrogen and oxygen atoms in total. The minimum Gasteiger partial charge on any atom is -0.381 e. The van der Waals surface area contributed by atoms with E-state index < -0.39 is 7.60 Å². The van der Waals surface area contributed by atoms with Crippen molar-refractivity contribution >= 4 is 18.6 Å². The van der Waals surface area contributed by atoms with Crippen LogP contribution in [-0.2, 0) is 24.9 Å². The number of fused-ring (bicyclic) bond motifs is 1. The molecule has 0 fully saturated rings. The number of rotatable bonds is 45. The van der Waals surface area contributed by atoms with Crippen LogP contribution >= 0.6 is 7.60 Å². The Morgan fingerprint density at radius 3 is 1.43 bits per heavy atom. The number of unbranched alkanes of at least 4 members (excludes halogenated alkanes) is 29. The molecule has 10 heteroatoms. The number of quaternary nitrogens is 1. The molecular formula is C48H92N4O5P+. The molecule has 0 aliphatic rings. The summed E-state index contributed by atoms with van der Waals surface area (Å²) in [6.45, 7) is 8.36. The van der Waals surface area contributed by atoms with E-state index in [9.17, 15) is 9.36 Å². The molecule has 0 aliphatic carbocycles. The maximum Gasteiger partial charge on any atom is 0.330 e. The Bertz CT molecular complexity index is 1290. The first-order valence-electron chi connectivity index (χ1n) is 24.9. The molecule has 0 amide bonds. The number of nitrogens with zero attached hydrogens (tertiary/aromatic N) is 1. The highest BCUT2D eigenvalue weighted by Gasteiger charge is 2.24. The van der Waals surface area contributed by atoms with Crippen LogP contribution in [0.4, 0.5) is 0 Å². The molecule has 0 bridgehead atoms. The summed E-state index contributed by atoms with van der Waals surface area (Å²) in [6, 6.07) is 0. The predicted molar refractivity (Wildman–Crippen MR) is 246 cm³/mol. The van der Waals surface area contributed by atoms with Crippen molar-refractivity contribution in [2.45, 2.75) is 232 Å². The first-order chi connectivity index (χ1) is 28.6. The van der Waals surface area contributed by atoms with E-state index >= 15 is 0 Å². The molecule has 0 saturated heterocycles. The smallest absolute Gasteiger partial charge is 0.330 e. The quantitative estimate of drug-likeness (QED) is 0.0451. The van der Waals surface area contributed by atoms with Crippen molar-refractivity contribution in [2.75, 3.05) is 39.1 Å². The van der Waals surface area contributed by atoms with Gasteiger partial charge in [-0.05, 0) is 19.3 Å². The zero-order valence-electron chi connectivity index (χ0n) is 38.0. The van der Waals surface area contributed by atoms with Crippen molar-refractivity contribution < 1.29 is 23.7 Å². The normalized spacial score (nSPS) is 12.9. The van der Waals surface area contributed by atoms with E-state index in [1.54, 1.807) is 0 Å². The molecule has 338 valence electrons. The molecule has 1 atom stereocenters. The van der Waals surface area contributed by atoms with Gasteiger partial charge in [0, 0.05) is 25.8 Å². The van der Waals surface area contributed by atoms with Gasteiger partial charge in [0.2, 0.25) is 0 Å². The molecule has 58 heavy (non-hydrogen) atoms. The van der Waals surface area contributed by atoms with E-state index in [1.165, 1.54) is 186 Å². The van der Waals surface area contributed by atoms with Crippen LogP contribution in [0, 0.1) is 0 Å². The average Bonchev–Trinajstić information content (AvgIpc) is 3.65. The van der Waals surface area contributed by atoms with E-state index in [0.29, 0.717) is 43.6 Å². The van der Waals surface area contributed by atoms with Gasteiger partial charge in [0.1, 0.15) is 17.6 Å². The van der Waals surface area contributed by atoms with Gasteiger partial charge >= 0.3 is 7.60 Å². The van der Waals surface area contributed by atoms with Crippen molar-refractivity contribution in [3.63, 3.8) is 0 Å². The fraction of sp³-hybridized carbons (Fsp3) is 0.875. The summed E-state index contributed by atoms with van der Waals surface area (Å²) in [5.74, 6) is 0. The number of nitrogens with two attached hydrogens (primary N) is 1. The lowest BCUT2D eigenvalue weighted by molar-refractivity contribution is -0.670. The van der Waals surface area contributed by atoms with Crippen LogP contribution in [0.5, 0.6) is 0 Å². The summed E-state index contributed by atoms with van der Waals surface area (Å²) in [6.07, 6.45) is 46.9. The summed E-state index contributed by atoms with van der Waals surface area (Å²) < 4.78 is 31.8. The van der Waals surface area contributed by atoms with E-state index in [1.807, 2.05) is 6.20 Å². The number of hydrogen-bond donors (Lipinski definition) is 3. The van der Waals surface area contributed by atoms with Crippen LogP contribution in [0.2, 0.25) is 0 Å². The van der Waals surface area contributed by atoms with Gasteiger partial charge in [-0.25, -0.2) is 4.98 Å². The summed E-state index contributed by atoms with van der Waals surface area (Å²) in [4.78, 5) is 22.0. The summed E-state index contributed by atoms with van der Waals surface area (Å²) in [5.41, 5.74) is 2.04. The lowest BCUT2D eigenvalue weighted by atomic mass is 10.0. The second-order valence-electron chi connectivity index (χ2n) is 17.1. The van der Waals surface area contributed by atoms with Gasteiger partial charge in [-0.1, -0.05) is 200 Å². The number of ether oxygens (including phenoxy) is 1. The lowest BCUT2D eigenvalue weighted by Gasteiger charge is -2.18. The van der Waals surface area contributed by atoms with Crippen LogP contribution in [0.1, 0.15) is 231 Å². The standard InChI is InChI=1S/C48H91N4O5P/c1-3-5-7-9-11-13-15-17-19-21-22-24-26-28-30-32-37-55-38-35-40-57-58(54,41-34-36-49-42-45-43-50-47-46(45)51-44-52-48(47)53)56-39-33-31-29-27-25-23-20-18-16-14-12-10-8-6-4-2/h43-44,49-50H,3-42H2,1-2H3,(H,51,52,53)/p+1. The Balaban J connectivity index is 1.52. The number of nitrogens with one attached hydrogen (secondary N) is 2. The van der Waals surface area contributed by atoms with Crippen molar-refractivity contribution in [1.29, 1.82) is 0 Å². The second-order valence-corrected chi connectivity index (χ2v) is 19.3. The SMILES string of the molecule is CCCCCCCCCCCCCCCCCCOCCCOP(=O)(CCC[NH2+]Cc1c[nH]c2c(=O)[nH]cnc12)OCCCCCCCCCCCCCCCCC. The molecule has 0 aliphatic heterocycles. The predicted octanol–water partition coefficient (Wildman–Crippen LogP) is 13.5. The molecular weight excluding hydrogens is 744 g/mol. The average molecular weight is 836 g/mol. The minimum atomic E-state index is -3.19. The highest BCUT2D eigenvalue weighted by molar-refractivity contribution is 7.53. The van der Waals surface area contributed by atoms with Crippen molar-refractivity contribution in [1.82, 2.24) is 15.0 Å². The number of H-pyrrole nitrogens is 2. The van der Waals surface area contributed by atoms with Gasteiger partial charge in [0.25, 0.3) is 5.56 Å². The van der Waals surface area contributed by atoms with Gasteiger partial charge in [-0.2, -0.15) is 0 Å². The third-order valence-corrected chi connectivity index (χ3v) is 13.7. The molecule has 2 aromatic rings. The van der Waals surface area contributed by atoms with E-state index in [-0.39, 0.29) is 5.56 Å². The molecule has 2 rings (SSSR count). The van der Waals surface area contributed by atoms with Crippen molar-refractivity contribution in [3.05, 3.63) is 28.4 Å². The lowest BCUT2D eigenvalue weighted by Crippen LogP contribution is -2.82. The Kier molecular flexibility index (Phi) is 34.9. The van der Waals surface area contributed by atoms with Crippen LogP contribution in [0.15, 0.2) is 17.3 Å². The Morgan fingerprint density at radius 1 is 0.534 bits per heavy atom. The molecule has 0 saturated carbocycles. The molecule has 2 heterocycles. The molecule has 0 radical (unpaired) electrons. The Labute approximate surface area is 356 Å². The van der Waals surface area contributed by atoms with E-state index in [0.717, 1.165) is 50.8 Å². The Morgan fingerprint density at radius 2 is 0.948 bits per heavy atom. The maximum absolute atomic E-state index is 13.8. The molecule has 1 unspecified atom stereocenters. The largest absolute Gasteiger partial charge is 0.381 e. The van der Waals surface area contributed by atoms with Crippen LogP contribution in [-0.4, -0.2) is 54.1 Å². The van der Waals surface area contributed by atoms with E-state index in [4.69, 9.17) is 13.8 Å². The zero-order valence-corrected chi connectivity index (χ0v) is 38.8. The molecule has 4 N–H and O–H groups in total. The monoisotopic (exact) mass is 836 g/mol. The van der Waals surface area contributed by atoms with Gasteiger partial charge < -0.3 is 29.1 Å². The highest BCUT2D eigenvalue weighted by Crippen LogP contribution is 2.48. The van der Waals surface area contributed by atoms with Gasteiger partial charge in [0.05, 0.1) is 37.8 Å². The van der Waals surface area contributed by atoms with Crippen LogP contribution in [0.25, 0.3) is 11.0 Å². The molecule has 0 spiro atoms. The first-order valence-corrected chi connectivity index (χ1v) is 26.6. The zero-order chi connectivity index (χ0) is 41.5. The number of hydrogen-bond acceptors (Lipinski definition) is 6. The molecule has 2 aromatic heterocycles. The second kappa shape index (κ2) is 38.4. The van der Waals surface area contributed by atoms with Crippen LogP contribution in [0.3, 0.4) is 0 Å². The minimum absolute atomic E-state index is 0.161.